The maximum atomic E-state index is 14.0. The van der Waals surface area contributed by atoms with E-state index in [1.165, 1.54) is 0 Å². The van der Waals surface area contributed by atoms with Gasteiger partial charge >= 0.3 is 0 Å². The second-order valence-electron chi connectivity index (χ2n) is 4.48. The standard InChI is InChI=1S/C15H15ClF2N2/c1-2-9-3-5-10(6-4-9)15(20-19)11-7-14(18)12(16)8-13(11)17/h3-8,15,20H,2,19H2,1H3. The van der Waals surface area contributed by atoms with E-state index in [1.54, 1.807) is 0 Å². The fourth-order valence-electron chi connectivity index (χ4n) is 2.07. The van der Waals surface area contributed by atoms with Crippen molar-refractivity contribution in [2.24, 2.45) is 5.84 Å². The van der Waals surface area contributed by atoms with Crippen LogP contribution in [0.25, 0.3) is 0 Å². The highest BCUT2D eigenvalue weighted by molar-refractivity contribution is 6.30. The number of nitrogens with one attached hydrogen (secondary N) is 1. The third kappa shape index (κ3) is 2.98. The first-order chi connectivity index (χ1) is 9.56. The Bertz CT molecular complexity index is 600. The van der Waals surface area contributed by atoms with Gasteiger partial charge in [-0.3, -0.25) is 5.84 Å². The van der Waals surface area contributed by atoms with Crippen molar-refractivity contribution in [3.63, 3.8) is 0 Å². The Morgan fingerprint density at radius 3 is 2.35 bits per heavy atom. The topological polar surface area (TPSA) is 38.0 Å². The van der Waals surface area contributed by atoms with Crippen molar-refractivity contribution in [1.82, 2.24) is 5.43 Å². The molecule has 0 saturated heterocycles. The highest BCUT2D eigenvalue weighted by Crippen LogP contribution is 2.28. The zero-order valence-corrected chi connectivity index (χ0v) is 11.7. The zero-order valence-electron chi connectivity index (χ0n) is 11.0. The van der Waals surface area contributed by atoms with Crippen molar-refractivity contribution in [2.45, 2.75) is 19.4 Å². The molecule has 0 aliphatic carbocycles. The van der Waals surface area contributed by atoms with Gasteiger partial charge in [0.1, 0.15) is 11.6 Å². The molecule has 20 heavy (non-hydrogen) atoms. The molecule has 2 nitrogen and oxygen atoms in total. The minimum atomic E-state index is -0.673. The Balaban J connectivity index is 2.43. The molecule has 5 heteroatoms. The average molecular weight is 297 g/mol. The van der Waals surface area contributed by atoms with Crippen LogP contribution in [-0.2, 0) is 6.42 Å². The lowest BCUT2D eigenvalue weighted by molar-refractivity contribution is 0.546. The van der Waals surface area contributed by atoms with Gasteiger partial charge in [0, 0.05) is 5.56 Å². The first-order valence-electron chi connectivity index (χ1n) is 6.26. The maximum Gasteiger partial charge on any atom is 0.142 e. The van der Waals surface area contributed by atoms with Gasteiger partial charge < -0.3 is 0 Å². The molecule has 106 valence electrons. The van der Waals surface area contributed by atoms with E-state index in [9.17, 15) is 8.78 Å². The van der Waals surface area contributed by atoms with Crippen molar-refractivity contribution >= 4 is 11.6 Å². The average Bonchev–Trinajstić information content (AvgIpc) is 2.46. The molecule has 2 rings (SSSR count). The summed E-state index contributed by atoms with van der Waals surface area (Å²) in [6.45, 7) is 2.04. The number of nitrogens with two attached hydrogens (primary N) is 1. The first-order valence-corrected chi connectivity index (χ1v) is 6.64. The third-order valence-electron chi connectivity index (χ3n) is 3.24. The van der Waals surface area contributed by atoms with Crippen LogP contribution < -0.4 is 11.3 Å². The van der Waals surface area contributed by atoms with E-state index < -0.39 is 17.7 Å². The van der Waals surface area contributed by atoms with Crippen molar-refractivity contribution in [3.05, 3.63) is 69.7 Å². The number of hydrazine groups is 1. The normalized spacial score (nSPS) is 12.4. The molecule has 0 aliphatic heterocycles. The second-order valence-corrected chi connectivity index (χ2v) is 4.89. The summed E-state index contributed by atoms with van der Waals surface area (Å²) in [5.41, 5.74) is 4.55. The summed E-state index contributed by atoms with van der Waals surface area (Å²) in [5, 5.41) is -0.247. The van der Waals surface area contributed by atoms with E-state index >= 15 is 0 Å². The van der Waals surface area contributed by atoms with Gasteiger partial charge in [-0.05, 0) is 29.7 Å². The summed E-state index contributed by atoms with van der Waals surface area (Å²) >= 11 is 5.55. The third-order valence-corrected chi connectivity index (χ3v) is 3.53. The summed E-state index contributed by atoms with van der Waals surface area (Å²) in [7, 11) is 0. The Morgan fingerprint density at radius 1 is 1.15 bits per heavy atom. The van der Waals surface area contributed by atoms with Crippen LogP contribution in [0.5, 0.6) is 0 Å². The minimum absolute atomic E-state index is 0.124. The van der Waals surface area contributed by atoms with Crippen molar-refractivity contribution in [1.29, 1.82) is 0 Å². The quantitative estimate of drug-likeness (QED) is 0.512. The molecule has 1 unspecified atom stereocenters. The van der Waals surface area contributed by atoms with E-state index in [-0.39, 0.29) is 10.6 Å². The Labute approximate surface area is 121 Å². The highest BCUT2D eigenvalue weighted by Gasteiger charge is 2.19. The predicted molar refractivity (Wildman–Crippen MR) is 76.4 cm³/mol. The molecule has 1 atom stereocenters. The number of aryl methyl sites for hydroxylation is 1. The molecule has 0 aliphatic rings. The van der Waals surface area contributed by atoms with Crippen LogP contribution in [0.15, 0.2) is 36.4 Å². The summed E-state index contributed by atoms with van der Waals surface area (Å²) in [5.74, 6) is 4.22. The number of halogens is 3. The summed E-state index contributed by atoms with van der Waals surface area (Å²) in [4.78, 5) is 0. The van der Waals surface area contributed by atoms with Gasteiger partial charge in [0.05, 0.1) is 11.1 Å². The van der Waals surface area contributed by atoms with E-state index in [0.717, 1.165) is 29.7 Å². The van der Waals surface area contributed by atoms with E-state index in [4.69, 9.17) is 17.4 Å². The van der Waals surface area contributed by atoms with Crippen LogP contribution in [0, 0.1) is 11.6 Å². The van der Waals surface area contributed by atoms with E-state index in [2.05, 4.69) is 5.43 Å². The fraction of sp³-hybridized carbons (Fsp3) is 0.200. The molecule has 0 spiro atoms. The highest BCUT2D eigenvalue weighted by atomic mass is 35.5. The lowest BCUT2D eigenvalue weighted by Crippen LogP contribution is -2.29. The molecule has 0 fully saturated rings. The summed E-state index contributed by atoms with van der Waals surface area (Å²) < 4.78 is 27.5. The van der Waals surface area contributed by atoms with Gasteiger partial charge in [-0.15, -0.1) is 0 Å². The smallest absolute Gasteiger partial charge is 0.142 e. The molecule has 2 aromatic carbocycles. The lowest BCUT2D eigenvalue weighted by Gasteiger charge is -2.18. The summed E-state index contributed by atoms with van der Waals surface area (Å²) in [6.07, 6.45) is 0.908. The predicted octanol–water partition coefficient (Wildman–Crippen LogP) is 3.73. The molecular formula is C15H15ClF2N2. The van der Waals surface area contributed by atoms with Crippen LogP contribution in [0.1, 0.15) is 29.7 Å². The Kier molecular flexibility index (Phi) is 4.70. The Hall–Kier alpha value is -1.49. The number of hydrogen-bond donors (Lipinski definition) is 2. The number of benzene rings is 2. The van der Waals surface area contributed by atoms with Crippen LogP contribution >= 0.6 is 11.6 Å². The number of rotatable bonds is 4. The van der Waals surface area contributed by atoms with E-state index in [0.29, 0.717) is 0 Å². The molecule has 0 bridgehead atoms. The fourth-order valence-corrected chi connectivity index (χ4v) is 2.22. The molecular weight excluding hydrogens is 282 g/mol. The molecule has 0 amide bonds. The van der Waals surface area contributed by atoms with Gasteiger partial charge in [0.15, 0.2) is 0 Å². The minimum Gasteiger partial charge on any atom is -0.271 e. The van der Waals surface area contributed by atoms with Gasteiger partial charge in [0.25, 0.3) is 0 Å². The van der Waals surface area contributed by atoms with Crippen molar-refractivity contribution in [2.75, 3.05) is 0 Å². The lowest BCUT2D eigenvalue weighted by atomic mass is 9.97. The van der Waals surface area contributed by atoms with Crippen LogP contribution in [0.3, 0.4) is 0 Å². The molecule has 3 N–H and O–H groups in total. The molecule has 0 saturated carbocycles. The van der Waals surface area contributed by atoms with Crippen LogP contribution in [0.2, 0.25) is 5.02 Å². The first kappa shape index (κ1) is 14.9. The largest absolute Gasteiger partial charge is 0.271 e. The van der Waals surface area contributed by atoms with Crippen molar-refractivity contribution < 1.29 is 8.78 Å². The Morgan fingerprint density at radius 2 is 1.80 bits per heavy atom. The monoisotopic (exact) mass is 296 g/mol. The van der Waals surface area contributed by atoms with Gasteiger partial charge in [-0.25, -0.2) is 14.2 Å². The molecule has 0 aromatic heterocycles. The van der Waals surface area contributed by atoms with E-state index in [1.807, 2.05) is 31.2 Å². The van der Waals surface area contributed by atoms with Gasteiger partial charge in [0.2, 0.25) is 0 Å². The van der Waals surface area contributed by atoms with Crippen LogP contribution in [0.4, 0.5) is 8.78 Å². The molecule has 0 radical (unpaired) electrons. The van der Waals surface area contributed by atoms with Gasteiger partial charge in [-0.2, -0.15) is 0 Å². The van der Waals surface area contributed by atoms with Gasteiger partial charge in [-0.1, -0.05) is 42.8 Å². The summed E-state index contributed by atoms with van der Waals surface area (Å²) in [6, 6.07) is 8.94. The SMILES string of the molecule is CCc1ccc(C(NN)c2cc(F)c(Cl)cc2F)cc1. The maximum absolute atomic E-state index is 14.0. The zero-order chi connectivity index (χ0) is 14.7. The van der Waals surface area contributed by atoms with Crippen molar-refractivity contribution in [3.8, 4) is 0 Å². The van der Waals surface area contributed by atoms with Crippen LogP contribution in [-0.4, -0.2) is 0 Å². The second kappa shape index (κ2) is 6.31. The molecule has 0 heterocycles. The molecule has 2 aromatic rings. The number of hydrogen-bond acceptors (Lipinski definition) is 2.